The number of nitrogens with zero attached hydrogens (tertiary/aromatic N) is 5. The predicted molar refractivity (Wildman–Crippen MR) is 137 cm³/mol. The number of hydrogen-bond acceptors (Lipinski definition) is 6. The molecule has 0 spiro atoms. The van der Waals surface area contributed by atoms with E-state index in [1.807, 2.05) is 31.4 Å². The quantitative estimate of drug-likeness (QED) is 0.370. The minimum Gasteiger partial charge on any atom is -0.265 e. The van der Waals surface area contributed by atoms with Gasteiger partial charge >= 0.3 is 0 Å². The molecule has 0 amide bonds. The normalized spacial score (nSPS) is 12.7. The van der Waals surface area contributed by atoms with Crippen molar-refractivity contribution >= 4 is 33.3 Å². The molecule has 0 aliphatic heterocycles. The van der Waals surface area contributed by atoms with Crippen LogP contribution in [0.5, 0.6) is 0 Å². The Balaban J connectivity index is 1.88. The summed E-state index contributed by atoms with van der Waals surface area (Å²) in [6.45, 7) is 3.95. The molecule has 0 radical (unpaired) electrons. The molecule has 4 aromatic rings. The molecular weight excluding hydrogens is 466 g/mol. The Hall–Kier alpha value is -3.40. The van der Waals surface area contributed by atoms with Gasteiger partial charge in [-0.25, -0.2) is 22.4 Å². The van der Waals surface area contributed by atoms with Gasteiger partial charge in [0.05, 0.1) is 22.5 Å². The molecule has 2 aromatic carbocycles. The maximum atomic E-state index is 12.6. The molecule has 0 bridgehead atoms. The number of aromatic nitrogens is 2. The molecule has 0 aliphatic carbocycles. The molecule has 7 nitrogen and oxygen atoms in total. The number of benzene rings is 2. The molecular formula is C25H25N5O2S2. The van der Waals surface area contributed by atoms with Crippen LogP contribution in [0.25, 0.3) is 11.3 Å². The Morgan fingerprint density at radius 1 is 1.00 bits per heavy atom. The lowest BCUT2D eigenvalue weighted by atomic mass is 10.1. The Morgan fingerprint density at radius 2 is 1.71 bits per heavy atom. The second-order valence-electron chi connectivity index (χ2n) is 7.95. The van der Waals surface area contributed by atoms with E-state index < -0.39 is 10.0 Å². The largest absolute Gasteiger partial charge is 0.265 e. The number of thiazole rings is 1. The number of hydrogen-bond donors (Lipinski definition) is 0. The van der Waals surface area contributed by atoms with Crippen LogP contribution in [0.4, 0.5) is 5.69 Å². The van der Waals surface area contributed by atoms with E-state index in [1.54, 1.807) is 41.5 Å². The van der Waals surface area contributed by atoms with Crippen LogP contribution in [0.3, 0.4) is 0 Å². The van der Waals surface area contributed by atoms with Crippen LogP contribution in [-0.2, 0) is 10.0 Å². The van der Waals surface area contributed by atoms with Crippen LogP contribution >= 0.6 is 11.3 Å². The summed E-state index contributed by atoms with van der Waals surface area (Å²) >= 11 is 1.44. The van der Waals surface area contributed by atoms with Gasteiger partial charge in [-0.15, -0.1) is 11.3 Å². The average Bonchev–Trinajstić information content (AvgIpc) is 3.22. The second kappa shape index (κ2) is 9.84. The van der Waals surface area contributed by atoms with Crippen LogP contribution in [0.1, 0.15) is 16.7 Å². The summed E-state index contributed by atoms with van der Waals surface area (Å²) in [6, 6.07) is 16.9. The van der Waals surface area contributed by atoms with Crippen LogP contribution in [0, 0.1) is 13.8 Å². The van der Waals surface area contributed by atoms with Crippen LogP contribution in [0.15, 0.2) is 87.4 Å². The third kappa shape index (κ3) is 5.06. The molecule has 0 saturated carbocycles. The first-order valence-corrected chi connectivity index (χ1v) is 12.9. The summed E-state index contributed by atoms with van der Waals surface area (Å²) in [5.74, 6) is 0. The maximum absolute atomic E-state index is 12.6. The zero-order chi connectivity index (χ0) is 24.3. The molecule has 0 unspecified atom stereocenters. The van der Waals surface area contributed by atoms with Crippen molar-refractivity contribution in [2.45, 2.75) is 18.7 Å². The van der Waals surface area contributed by atoms with Crippen molar-refractivity contribution < 1.29 is 8.42 Å². The molecule has 0 N–H and O–H groups in total. The Kier molecular flexibility index (Phi) is 6.87. The molecule has 0 fully saturated rings. The molecule has 0 aliphatic rings. The minimum atomic E-state index is -3.57. The highest BCUT2D eigenvalue weighted by Gasteiger charge is 2.18. The second-order valence-corrected chi connectivity index (χ2v) is 10.9. The molecule has 0 saturated heterocycles. The lowest BCUT2D eigenvalue weighted by Crippen LogP contribution is -2.22. The first-order chi connectivity index (χ1) is 16.3. The van der Waals surface area contributed by atoms with Crippen LogP contribution in [-0.4, -0.2) is 42.7 Å². The van der Waals surface area contributed by atoms with Gasteiger partial charge in [0.25, 0.3) is 0 Å². The van der Waals surface area contributed by atoms with Gasteiger partial charge in [0.1, 0.15) is 0 Å². The fourth-order valence-corrected chi connectivity index (χ4v) is 4.94. The standard InChI is InChI=1S/C25H25N5O2S2/c1-18-5-8-21(9-6-18)24-17-33-25(30(24)27-16-20-11-13-26-14-12-20)28-23-15-22(10-7-19(23)2)34(31,32)29(3)4/h5-17H,1-4H3. The van der Waals surface area contributed by atoms with Gasteiger partial charge in [-0.05, 0) is 49.2 Å². The van der Waals surface area contributed by atoms with E-state index in [0.717, 1.165) is 22.4 Å². The van der Waals surface area contributed by atoms with E-state index in [4.69, 9.17) is 10.1 Å². The molecule has 0 atom stereocenters. The molecule has 34 heavy (non-hydrogen) atoms. The first kappa shape index (κ1) is 23.7. The molecule has 174 valence electrons. The topological polar surface area (TPSA) is 79.9 Å². The van der Waals surface area contributed by atoms with Gasteiger partial charge in [-0.2, -0.15) is 5.10 Å². The van der Waals surface area contributed by atoms with Gasteiger partial charge in [0, 0.05) is 37.4 Å². The zero-order valence-electron chi connectivity index (χ0n) is 19.4. The SMILES string of the molecule is Cc1ccc(-c2csc(=Nc3cc(S(=O)(=O)N(C)C)ccc3C)n2N=Cc2ccncc2)cc1. The highest BCUT2D eigenvalue weighted by atomic mass is 32.2. The summed E-state index contributed by atoms with van der Waals surface area (Å²) in [5, 5.41) is 6.72. The Bertz CT molecular complexity index is 1500. The van der Waals surface area contributed by atoms with E-state index >= 15 is 0 Å². The van der Waals surface area contributed by atoms with Crippen molar-refractivity contribution in [2.75, 3.05) is 14.1 Å². The lowest BCUT2D eigenvalue weighted by Gasteiger charge is -2.12. The van der Waals surface area contributed by atoms with E-state index in [9.17, 15) is 8.42 Å². The molecule has 2 aromatic heterocycles. The van der Waals surface area contributed by atoms with Crippen LogP contribution < -0.4 is 4.80 Å². The van der Waals surface area contributed by atoms with E-state index in [0.29, 0.717) is 10.5 Å². The number of rotatable bonds is 6. The van der Waals surface area contributed by atoms with Crippen molar-refractivity contribution in [1.29, 1.82) is 0 Å². The van der Waals surface area contributed by atoms with Crippen molar-refractivity contribution in [1.82, 2.24) is 14.0 Å². The summed E-state index contributed by atoms with van der Waals surface area (Å²) in [6.07, 6.45) is 5.18. The third-order valence-corrected chi connectivity index (χ3v) is 7.86. The fraction of sp³-hybridized carbons (Fsp3) is 0.160. The highest BCUT2D eigenvalue weighted by Crippen LogP contribution is 2.25. The summed E-state index contributed by atoms with van der Waals surface area (Å²) in [4.78, 5) is 9.70. The van der Waals surface area contributed by atoms with Crippen molar-refractivity contribution in [3.63, 3.8) is 0 Å². The number of pyridine rings is 1. The predicted octanol–water partition coefficient (Wildman–Crippen LogP) is 4.59. The van der Waals surface area contributed by atoms with Gasteiger partial charge in [-0.3, -0.25) is 4.98 Å². The fourth-order valence-electron chi connectivity index (χ4n) is 3.17. The Morgan fingerprint density at radius 3 is 2.38 bits per heavy atom. The highest BCUT2D eigenvalue weighted by molar-refractivity contribution is 7.89. The maximum Gasteiger partial charge on any atom is 0.242 e. The number of sulfonamides is 1. The summed E-state index contributed by atoms with van der Waals surface area (Å²) < 4.78 is 28.3. The van der Waals surface area contributed by atoms with Gasteiger partial charge in [-0.1, -0.05) is 35.9 Å². The van der Waals surface area contributed by atoms with E-state index in [2.05, 4.69) is 29.2 Å². The smallest absolute Gasteiger partial charge is 0.242 e. The van der Waals surface area contributed by atoms with Crippen LogP contribution in [0.2, 0.25) is 0 Å². The molecule has 4 rings (SSSR count). The van der Waals surface area contributed by atoms with E-state index in [-0.39, 0.29) is 4.90 Å². The summed E-state index contributed by atoms with van der Waals surface area (Å²) in [7, 11) is -0.543. The summed E-state index contributed by atoms with van der Waals surface area (Å²) in [5.41, 5.74) is 5.43. The van der Waals surface area contributed by atoms with Gasteiger partial charge < -0.3 is 0 Å². The van der Waals surface area contributed by atoms with Gasteiger partial charge in [0.15, 0.2) is 0 Å². The van der Waals surface area contributed by atoms with Crippen molar-refractivity contribution in [3.8, 4) is 11.3 Å². The third-order valence-electron chi connectivity index (χ3n) is 5.24. The minimum absolute atomic E-state index is 0.198. The van der Waals surface area contributed by atoms with Crippen molar-refractivity contribution in [2.24, 2.45) is 10.1 Å². The van der Waals surface area contributed by atoms with E-state index in [1.165, 1.54) is 35.3 Å². The number of aryl methyl sites for hydroxylation is 2. The first-order valence-electron chi connectivity index (χ1n) is 10.6. The average molecular weight is 492 g/mol. The van der Waals surface area contributed by atoms with Crippen molar-refractivity contribution in [3.05, 3.63) is 93.9 Å². The monoisotopic (exact) mass is 491 g/mol. The molecule has 2 heterocycles. The zero-order valence-corrected chi connectivity index (χ0v) is 21.0. The van der Waals surface area contributed by atoms with Gasteiger partial charge in [0.2, 0.25) is 14.8 Å². The molecule has 9 heteroatoms. The lowest BCUT2D eigenvalue weighted by molar-refractivity contribution is 0.521. The Labute approximate surface area is 203 Å².